The SMILES string of the molecule is Cc1nc(N)c(C)c(N2CCCCCC2C)n1. The standard InChI is InChI=1S/C13H22N4/c1-9-7-5-4-6-8-17(9)13-10(2)12(14)15-11(3)16-13/h9H,4-8H2,1-3H3,(H2,14,15,16). The topological polar surface area (TPSA) is 55.0 Å². The smallest absolute Gasteiger partial charge is 0.137 e. The van der Waals surface area contributed by atoms with Crippen molar-refractivity contribution >= 4 is 11.6 Å². The number of aromatic nitrogens is 2. The van der Waals surface area contributed by atoms with E-state index >= 15 is 0 Å². The molecule has 1 aromatic heterocycles. The van der Waals surface area contributed by atoms with Crippen LogP contribution in [-0.2, 0) is 0 Å². The summed E-state index contributed by atoms with van der Waals surface area (Å²) in [6.45, 7) is 7.28. The van der Waals surface area contributed by atoms with E-state index in [1.54, 1.807) is 0 Å². The van der Waals surface area contributed by atoms with Gasteiger partial charge in [0.2, 0.25) is 0 Å². The molecule has 1 aliphatic heterocycles. The van der Waals surface area contributed by atoms with Gasteiger partial charge in [0.15, 0.2) is 0 Å². The van der Waals surface area contributed by atoms with Crippen LogP contribution < -0.4 is 10.6 Å². The Kier molecular flexibility index (Phi) is 3.50. The molecule has 4 heteroatoms. The Morgan fingerprint density at radius 1 is 1.18 bits per heavy atom. The fraction of sp³-hybridized carbons (Fsp3) is 0.692. The van der Waals surface area contributed by atoms with Gasteiger partial charge in [-0.2, -0.15) is 0 Å². The number of hydrogen-bond acceptors (Lipinski definition) is 4. The minimum Gasteiger partial charge on any atom is -0.383 e. The second-order valence-electron chi connectivity index (χ2n) is 5.00. The van der Waals surface area contributed by atoms with E-state index in [1.807, 2.05) is 13.8 Å². The molecule has 1 unspecified atom stereocenters. The van der Waals surface area contributed by atoms with Gasteiger partial charge in [0, 0.05) is 18.2 Å². The van der Waals surface area contributed by atoms with E-state index in [-0.39, 0.29) is 0 Å². The highest BCUT2D eigenvalue weighted by Crippen LogP contribution is 2.27. The average molecular weight is 234 g/mol. The highest BCUT2D eigenvalue weighted by molar-refractivity contribution is 5.57. The monoisotopic (exact) mass is 234 g/mol. The highest BCUT2D eigenvalue weighted by atomic mass is 15.2. The van der Waals surface area contributed by atoms with Gasteiger partial charge in [-0.1, -0.05) is 12.8 Å². The quantitative estimate of drug-likeness (QED) is 0.811. The van der Waals surface area contributed by atoms with E-state index in [0.29, 0.717) is 11.9 Å². The first-order chi connectivity index (χ1) is 8.09. The summed E-state index contributed by atoms with van der Waals surface area (Å²) >= 11 is 0. The summed E-state index contributed by atoms with van der Waals surface area (Å²) < 4.78 is 0. The number of nitrogens with zero attached hydrogens (tertiary/aromatic N) is 3. The molecule has 1 saturated heterocycles. The summed E-state index contributed by atoms with van der Waals surface area (Å²) in [7, 11) is 0. The zero-order valence-electron chi connectivity index (χ0n) is 11.0. The van der Waals surface area contributed by atoms with Crippen LogP contribution in [0, 0.1) is 13.8 Å². The second kappa shape index (κ2) is 4.90. The number of hydrogen-bond donors (Lipinski definition) is 1. The van der Waals surface area contributed by atoms with Gasteiger partial charge in [-0.25, -0.2) is 9.97 Å². The minimum atomic E-state index is 0.546. The van der Waals surface area contributed by atoms with Crippen molar-refractivity contribution in [2.45, 2.75) is 52.5 Å². The first-order valence-corrected chi connectivity index (χ1v) is 6.47. The fourth-order valence-electron chi connectivity index (χ4n) is 2.50. The normalized spacial score (nSPS) is 21.4. The fourth-order valence-corrected chi connectivity index (χ4v) is 2.50. The van der Waals surface area contributed by atoms with E-state index in [0.717, 1.165) is 23.8 Å². The van der Waals surface area contributed by atoms with Crippen molar-refractivity contribution in [2.75, 3.05) is 17.2 Å². The molecule has 0 aromatic carbocycles. The number of rotatable bonds is 1. The Hall–Kier alpha value is -1.32. The predicted octanol–water partition coefficient (Wildman–Crippen LogP) is 2.44. The van der Waals surface area contributed by atoms with Gasteiger partial charge in [0.05, 0.1) is 0 Å². The lowest BCUT2D eigenvalue weighted by Crippen LogP contribution is -2.34. The van der Waals surface area contributed by atoms with E-state index in [9.17, 15) is 0 Å². The van der Waals surface area contributed by atoms with Gasteiger partial charge in [-0.3, -0.25) is 0 Å². The second-order valence-corrected chi connectivity index (χ2v) is 5.00. The maximum Gasteiger partial charge on any atom is 0.137 e. The summed E-state index contributed by atoms with van der Waals surface area (Å²) in [6, 6.07) is 0.546. The van der Waals surface area contributed by atoms with Crippen LogP contribution in [0.4, 0.5) is 11.6 Å². The number of nitrogens with two attached hydrogens (primary N) is 1. The van der Waals surface area contributed by atoms with Crippen LogP contribution in [0.1, 0.15) is 44.0 Å². The summed E-state index contributed by atoms with van der Waals surface area (Å²) in [5.74, 6) is 2.41. The molecule has 1 aliphatic rings. The number of anilines is 2. The van der Waals surface area contributed by atoms with Crippen LogP contribution in [0.5, 0.6) is 0 Å². The molecule has 0 aliphatic carbocycles. The molecule has 0 amide bonds. The molecule has 2 heterocycles. The lowest BCUT2D eigenvalue weighted by Gasteiger charge is -2.30. The van der Waals surface area contributed by atoms with Crippen molar-refractivity contribution in [3.05, 3.63) is 11.4 Å². The molecule has 0 bridgehead atoms. The molecular formula is C13H22N4. The third-order valence-electron chi connectivity index (χ3n) is 3.59. The Morgan fingerprint density at radius 3 is 2.71 bits per heavy atom. The molecule has 0 spiro atoms. The van der Waals surface area contributed by atoms with Crippen molar-refractivity contribution in [1.82, 2.24) is 9.97 Å². The van der Waals surface area contributed by atoms with Gasteiger partial charge in [-0.05, 0) is 33.6 Å². The Bertz CT molecular complexity index is 403. The summed E-state index contributed by atoms with van der Waals surface area (Å²) in [4.78, 5) is 11.2. The number of nitrogen functional groups attached to an aromatic ring is 1. The molecule has 1 fully saturated rings. The van der Waals surface area contributed by atoms with Crippen molar-refractivity contribution in [3.8, 4) is 0 Å². The van der Waals surface area contributed by atoms with Gasteiger partial charge in [-0.15, -0.1) is 0 Å². The van der Waals surface area contributed by atoms with Gasteiger partial charge < -0.3 is 10.6 Å². The molecule has 1 aromatic rings. The van der Waals surface area contributed by atoms with Crippen LogP contribution in [0.15, 0.2) is 0 Å². The molecule has 4 nitrogen and oxygen atoms in total. The van der Waals surface area contributed by atoms with Crippen molar-refractivity contribution in [3.63, 3.8) is 0 Å². The lowest BCUT2D eigenvalue weighted by atomic mass is 10.1. The average Bonchev–Trinajstić information content (AvgIpc) is 2.48. The Morgan fingerprint density at radius 2 is 1.94 bits per heavy atom. The third kappa shape index (κ3) is 2.51. The lowest BCUT2D eigenvalue weighted by molar-refractivity contribution is 0.609. The predicted molar refractivity (Wildman–Crippen MR) is 71.2 cm³/mol. The first kappa shape index (κ1) is 12.1. The minimum absolute atomic E-state index is 0.546. The van der Waals surface area contributed by atoms with Crippen molar-refractivity contribution in [1.29, 1.82) is 0 Å². The highest BCUT2D eigenvalue weighted by Gasteiger charge is 2.21. The van der Waals surface area contributed by atoms with E-state index < -0.39 is 0 Å². The molecule has 2 N–H and O–H groups in total. The van der Waals surface area contributed by atoms with Crippen molar-refractivity contribution < 1.29 is 0 Å². The maximum atomic E-state index is 5.93. The van der Waals surface area contributed by atoms with Crippen molar-refractivity contribution in [2.24, 2.45) is 0 Å². The van der Waals surface area contributed by atoms with E-state index in [2.05, 4.69) is 21.8 Å². The summed E-state index contributed by atoms with van der Waals surface area (Å²) in [5, 5.41) is 0. The van der Waals surface area contributed by atoms with Crippen LogP contribution in [0.2, 0.25) is 0 Å². The molecule has 1 atom stereocenters. The number of aryl methyl sites for hydroxylation is 1. The first-order valence-electron chi connectivity index (χ1n) is 6.47. The zero-order valence-corrected chi connectivity index (χ0v) is 11.0. The maximum absolute atomic E-state index is 5.93. The van der Waals surface area contributed by atoms with Gasteiger partial charge in [0.1, 0.15) is 17.5 Å². The van der Waals surface area contributed by atoms with E-state index in [1.165, 1.54) is 25.7 Å². The molecule has 94 valence electrons. The summed E-state index contributed by atoms with van der Waals surface area (Å²) in [5.41, 5.74) is 6.95. The molecule has 0 saturated carbocycles. The van der Waals surface area contributed by atoms with E-state index in [4.69, 9.17) is 5.73 Å². The molecule has 17 heavy (non-hydrogen) atoms. The summed E-state index contributed by atoms with van der Waals surface area (Å²) in [6.07, 6.45) is 5.12. The van der Waals surface area contributed by atoms with Crippen LogP contribution in [0.3, 0.4) is 0 Å². The Balaban J connectivity index is 2.37. The largest absolute Gasteiger partial charge is 0.383 e. The van der Waals surface area contributed by atoms with Crippen LogP contribution >= 0.6 is 0 Å². The van der Waals surface area contributed by atoms with Gasteiger partial charge in [0.25, 0.3) is 0 Å². The molecule has 0 radical (unpaired) electrons. The third-order valence-corrected chi connectivity index (χ3v) is 3.59. The molecule has 2 rings (SSSR count). The van der Waals surface area contributed by atoms with Gasteiger partial charge >= 0.3 is 0 Å². The Labute approximate surface area is 103 Å². The van der Waals surface area contributed by atoms with Crippen LogP contribution in [0.25, 0.3) is 0 Å². The zero-order chi connectivity index (χ0) is 12.4. The van der Waals surface area contributed by atoms with Crippen LogP contribution in [-0.4, -0.2) is 22.6 Å². The molecular weight excluding hydrogens is 212 g/mol.